The number of aromatic nitrogens is 1. The zero-order chi connectivity index (χ0) is 17.6. The zero-order valence-electron chi connectivity index (χ0n) is 14.5. The summed E-state index contributed by atoms with van der Waals surface area (Å²) in [5.74, 6) is -0.320. The van der Waals surface area contributed by atoms with Gasteiger partial charge in [0, 0.05) is 30.5 Å². The average molecular weight is 337 g/mol. The Bertz CT molecular complexity index is 767. The molecule has 2 heterocycles. The number of carbonyl (C=O) groups is 2. The first-order valence-electron chi connectivity index (χ1n) is 8.83. The quantitative estimate of drug-likeness (QED) is 0.928. The topological polar surface area (TPSA) is 62.3 Å². The van der Waals surface area contributed by atoms with E-state index in [1.165, 1.54) is 6.20 Å². The molecule has 130 valence electrons. The molecule has 1 saturated heterocycles. The van der Waals surface area contributed by atoms with Crippen LogP contribution in [-0.4, -0.2) is 34.8 Å². The summed E-state index contributed by atoms with van der Waals surface area (Å²) in [6, 6.07) is 11.0. The standard InChI is InChI=1S/C20H23N3O2/c1-2-15-8-4-5-9-17(15)22-19(24)16-10-11-21-18(14-16)20(25)23-12-6-3-7-13-23/h4-5,8-11,14H,2-3,6-7,12-13H2,1H3,(H,22,24). The van der Waals surface area contributed by atoms with Crippen LogP contribution in [-0.2, 0) is 6.42 Å². The third kappa shape index (κ3) is 4.05. The molecule has 0 atom stereocenters. The zero-order valence-corrected chi connectivity index (χ0v) is 14.5. The molecule has 25 heavy (non-hydrogen) atoms. The van der Waals surface area contributed by atoms with Crippen LogP contribution in [0.15, 0.2) is 42.6 Å². The molecule has 1 aliphatic rings. The largest absolute Gasteiger partial charge is 0.337 e. The molecule has 1 aromatic carbocycles. The van der Waals surface area contributed by atoms with Crippen LogP contribution in [0.1, 0.15) is 52.6 Å². The Labute approximate surface area is 148 Å². The van der Waals surface area contributed by atoms with Gasteiger partial charge in [0.1, 0.15) is 5.69 Å². The molecule has 1 fully saturated rings. The minimum Gasteiger partial charge on any atom is -0.337 e. The van der Waals surface area contributed by atoms with Gasteiger partial charge in [-0.3, -0.25) is 14.6 Å². The molecule has 1 aromatic heterocycles. The van der Waals surface area contributed by atoms with E-state index >= 15 is 0 Å². The highest BCUT2D eigenvalue weighted by molar-refractivity contribution is 6.06. The highest BCUT2D eigenvalue weighted by Gasteiger charge is 2.20. The monoisotopic (exact) mass is 337 g/mol. The number of para-hydroxylation sites is 1. The van der Waals surface area contributed by atoms with Crippen LogP contribution in [0, 0.1) is 0 Å². The molecule has 5 nitrogen and oxygen atoms in total. The lowest BCUT2D eigenvalue weighted by molar-refractivity contribution is 0.0718. The van der Waals surface area contributed by atoms with Gasteiger partial charge in [0.15, 0.2) is 0 Å². The summed E-state index contributed by atoms with van der Waals surface area (Å²) < 4.78 is 0. The molecule has 0 spiro atoms. The number of nitrogens with zero attached hydrogens (tertiary/aromatic N) is 2. The predicted molar refractivity (Wildman–Crippen MR) is 97.8 cm³/mol. The first kappa shape index (κ1) is 17.1. The molecule has 1 aliphatic heterocycles. The van der Waals surface area contributed by atoms with Gasteiger partial charge in [-0.1, -0.05) is 25.1 Å². The molecular weight excluding hydrogens is 314 g/mol. The van der Waals surface area contributed by atoms with Gasteiger partial charge in [-0.25, -0.2) is 0 Å². The van der Waals surface area contributed by atoms with E-state index in [9.17, 15) is 9.59 Å². The number of nitrogens with one attached hydrogen (secondary N) is 1. The summed E-state index contributed by atoms with van der Waals surface area (Å²) in [5, 5.41) is 2.93. The van der Waals surface area contributed by atoms with Crippen LogP contribution in [0.4, 0.5) is 5.69 Å². The summed E-state index contributed by atoms with van der Waals surface area (Å²) >= 11 is 0. The van der Waals surface area contributed by atoms with E-state index in [1.54, 1.807) is 12.1 Å². The molecule has 1 N–H and O–H groups in total. The van der Waals surface area contributed by atoms with E-state index in [-0.39, 0.29) is 11.8 Å². The highest BCUT2D eigenvalue weighted by atomic mass is 16.2. The van der Waals surface area contributed by atoms with E-state index in [0.29, 0.717) is 11.3 Å². The third-order valence-corrected chi connectivity index (χ3v) is 4.53. The van der Waals surface area contributed by atoms with Crippen LogP contribution in [0.3, 0.4) is 0 Å². The van der Waals surface area contributed by atoms with E-state index < -0.39 is 0 Å². The predicted octanol–water partition coefficient (Wildman–Crippen LogP) is 3.52. The second kappa shape index (κ2) is 7.92. The number of likely N-dealkylation sites (tertiary alicyclic amines) is 1. The fraction of sp³-hybridized carbons (Fsp3) is 0.350. The number of benzene rings is 1. The lowest BCUT2D eigenvalue weighted by atomic mass is 10.1. The number of carbonyl (C=O) groups excluding carboxylic acids is 2. The molecule has 0 unspecified atom stereocenters. The average Bonchev–Trinajstić information content (AvgIpc) is 2.68. The number of amides is 2. The molecule has 2 aromatic rings. The van der Waals surface area contributed by atoms with Gasteiger partial charge >= 0.3 is 0 Å². The van der Waals surface area contributed by atoms with Crippen molar-refractivity contribution < 1.29 is 9.59 Å². The number of rotatable bonds is 4. The van der Waals surface area contributed by atoms with Crippen molar-refractivity contribution in [2.75, 3.05) is 18.4 Å². The molecule has 0 bridgehead atoms. The lowest BCUT2D eigenvalue weighted by Crippen LogP contribution is -2.36. The fourth-order valence-electron chi connectivity index (χ4n) is 3.09. The highest BCUT2D eigenvalue weighted by Crippen LogP contribution is 2.17. The molecule has 2 amide bonds. The third-order valence-electron chi connectivity index (χ3n) is 4.53. The summed E-state index contributed by atoms with van der Waals surface area (Å²) in [6.45, 7) is 3.58. The number of aryl methyl sites for hydroxylation is 1. The Hall–Kier alpha value is -2.69. The van der Waals surface area contributed by atoms with Gasteiger partial charge in [0.05, 0.1) is 0 Å². The van der Waals surface area contributed by atoms with Crippen molar-refractivity contribution in [1.29, 1.82) is 0 Å². The van der Waals surface area contributed by atoms with Crippen molar-refractivity contribution in [2.24, 2.45) is 0 Å². The summed E-state index contributed by atoms with van der Waals surface area (Å²) in [7, 11) is 0. The minimum absolute atomic E-state index is 0.0942. The van der Waals surface area contributed by atoms with Gasteiger partial charge in [-0.15, -0.1) is 0 Å². The number of anilines is 1. The smallest absolute Gasteiger partial charge is 0.272 e. The Morgan fingerprint density at radius 1 is 1.12 bits per heavy atom. The van der Waals surface area contributed by atoms with Gasteiger partial charge in [-0.05, 0) is 49.4 Å². The Kier molecular flexibility index (Phi) is 5.43. The number of piperidine rings is 1. The van der Waals surface area contributed by atoms with Crippen molar-refractivity contribution in [1.82, 2.24) is 9.88 Å². The molecule has 5 heteroatoms. The van der Waals surface area contributed by atoms with Crippen molar-refractivity contribution >= 4 is 17.5 Å². The van der Waals surface area contributed by atoms with E-state index in [2.05, 4.69) is 10.3 Å². The van der Waals surface area contributed by atoms with Gasteiger partial charge in [-0.2, -0.15) is 0 Å². The molecule has 0 saturated carbocycles. The summed E-state index contributed by atoms with van der Waals surface area (Å²) in [5.41, 5.74) is 2.66. The fourth-order valence-corrected chi connectivity index (χ4v) is 3.09. The Morgan fingerprint density at radius 2 is 1.88 bits per heavy atom. The maximum absolute atomic E-state index is 12.6. The number of hydrogen-bond acceptors (Lipinski definition) is 3. The van der Waals surface area contributed by atoms with Crippen molar-refractivity contribution in [3.8, 4) is 0 Å². The van der Waals surface area contributed by atoms with E-state index in [4.69, 9.17) is 0 Å². The first-order valence-corrected chi connectivity index (χ1v) is 8.83. The van der Waals surface area contributed by atoms with Crippen LogP contribution < -0.4 is 5.32 Å². The molecule has 3 rings (SSSR count). The summed E-state index contributed by atoms with van der Waals surface area (Å²) in [4.78, 5) is 31.1. The van der Waals surface area contributed by atoms with Crippen molar-refractivity contribution in [3.05, 3.63) is 59.4 Å². The SMILES string of the molecule is CCc1ccccc1NC(=O)c1ccnc(C(=O)N2CCCCC2)c1. The Balaban J connectivity index is 1.76. The van der Waals surface area contributed by atoms with Crippen molar-refractivity contribution in [3.63, 3.8) is 0 Å². The summed E-state index contributed by atoms with van der Waals surface area (Å²) in [6.07, 6.45) is 5.58. The van der Waals surface area contributed by atoms with Crippen LogP contribution in [0.25, 0.3) is 0 Å². The normalized spacial score (nSPS) is 14.2. The van der Waals surface area contributed by atoms with Crippen molar-refractivity contribution in [2.45, 2.75) is 32.6 Å². The van der Waals surface area contributed by atoms with Gasteiger partial charge < -0.3 is 10.2 Å². The molecule has 0 aliphatic carbocycles. The van der Waals surface area contributed by atoms with Crippen LogP contribution >= 0.6 is 0 Å². The maximum atomic E-state index is 12.6. The van der Waals surface area contributed by atoms with E-state index in [1.807, 2.05) is 36.1 Å². The lowest BCUT2D eigenvalue weighted by Gasteiger charge is -2.26. The van der Waals surface area contributed by atoms with Gasteiger partial charge in [0.25, 0.3) is 11.8 Å². The molecule has 0 radical (unpaired) electrons. The minimum atomic E-state index is -0.226. The number of pyridine rings is 1. The Morgan fingerprint density at radius 3 is 2.64 bits per heavy atom. The van der Waals surface area contributed by atoms with Gasteiger partial charge in [0.2, 0.25) is 0 Å². The van der Waals surface area contributed by atoms with E-state index in [0.717, 1.165) is 50.0 Å². The second-order valence-corrected chi connectivity index (χ2v) is 6.25. The number of hydrogen-bond donors (Lipinski definition) is 1. The first-order chi connectivity index (χ1) is 12.2. The molecular formula is C20H23N3O2. The second-order valence-electron chi connectivity index (χ2n) is 6.25. The van der Waals surface area contributed by atoms with Crippen LogP contribution in [0.2, 0.25) is 0 Å². The maximum Gasteiger partial charge on any atom is 0.272 e. The van der Waals surface area contributed by atoms with Crippen LogP contribution in [0.5, 0.6) is 0 Å².